The van der Waals surface area contributed by atoms with E-state index in [1.807, 2.05) is 6.20 Å². The van der Waals surface area contributed by atoms with Crippen LogP contribution in [-0.4, -0.2) is 10.3 Å². The quantitative estimate of drug-likeness (QED) is 0.455. The summed E-state index contributed by atoms with van der Waals surface area (Å²) in [6.45, 7) is 0. The smallest absolute Gasteiger partial charge is 0.142 e. The molecular weight excluding hydrogens is 340 g/mol. The summed E-state index contributed by atoms with van der Waals surface area (Å²) in [5.74, 6) is 0. The summed E-state index contributed by atoms with van der Waals surface area (Å²) in [5, 5.41) is 1.55. The largest absolute Gasteiger partial charge is 0.243 e. The molecule has 0 aliphatic rings. The Bertz CT molecular complexity index is 254. The minimum atomic E-state index is 0.587. The molecular formula is C7H6BrClIN. The SMILES string of the molecule is Clc1ncc(CCBr)cc1I. The van der Waals surface area contributed by atoms with Crippen LogP contribution in [0.15, 0.2) is 12.3 Å². The molecule has 0 radical (unpaired) electrons. The Kier molecular flexibility index (Phi) is 4.09. The lowest BCUT2D eigenvalue weighted by Gasteiger charge is -1.98. The van der Waals surface area contributed by atoms with Gasteiger partial charge in [-0.1, -0.05) is 27.5 Å². The van der Waals surface area contributed by atoms with E-state index in [2.05, 4.69) is 49.6 Å². The summed E-state index contributed by atoms with van der Waals surface area (Å²) in [7, 11) is 0. The van der Waals surface area contributed by atoms with Crippen LogP contribution in [0, 0.1) is 3.57 Å². The summed E-state index contributed by atoms with van der Waals surface area (Å²) in [6, 6.07) is 2.05. The van der Waals surface area contributed by atoms with E-state index >= 15 is 0 Å². The summed E-state index contributed by atoms with van der Waals surface area (Å²) >= 11 is 11.3. The summed E-state index contributed by atoms with van der Waals surface area (Å²) < 4.78 is 1.02. The van der Waals surface area contributed by atoms with E-state index < -0.39 is 0 Å². The van der Waals surface area contributed by atoms with E-state index in [-0.39, 0.29) is 0 Å². The first kappa shape index (κ1) is 9.74. The number of aryl methyl sites for hydroxylation is 1. The molecule has 1 aromatic rings. The van der Waals surface area contributed by atoms with Gasteiger partial charge in [0.05, 0.1) is 3.57 Å². The second kappa shape index (κ2) is 4.62. The lowest BCUT2D eigenvalue weighted by molar-refractivity contribution is 1.12. The minimum absolute atomic E-state index is 0.587. The van der Waals surface area contributed by atoms with Gasteiger partial charge < -0.3 is 0 Å². The third-order valence-electron chi connectivity index (χ3n) is 1.24. The van der Waals surface area contributed by atoms with Crippen LogP contribution in [0.25, 0.3) is 0 Å². The van der Waals surface area contributed by atoms with Gasteiger partial charge in [-0.2, -0.15) is 0 Å². The van der Waals surface area contributed by atoms with Gasteiger partial charge >= 0.3 is 0 Å². The Morgan fingerprint density at radius 2 is 2.36 bits per heavy atom. The number of alkyl halides is 1. The van der Waals surface area contributed by atoms with Gasteiger partial charge in [-0.3, -0.25) is 0 Å². The number of pyridine rings is 1. The van der Waals surface area contributed by atoms with Gasteiger partial charge in [-0.25, -0.2) is 4.98 Å². The van der Waals surface area contributed by atoms with Crippen LogP contribution >= 0.6 is 50.1 Å². The molecule has 1 nitrogen and oxygen atoms in total. The number of aromatic nitrogens is 1. The van der Waals surface area contributed by atoms with Crippen molar-refractivity contribution in [2.75, 3.05) is 5.33 Å². The molecule has 1 heterocycles. The lowest BCUT2D eigenvalue weighted by atomic mass is 10.2. The highest BCUT2D eigenvalue weighted by Crippen LogP contribution is 2.16. The number of hydrogen-bond donors (Lipinski definition) is 0. The van der Waals surface area contributed by atoms with Crippen LogP contribution < -0.4 is 0 Å². The Balaban J connectivity index is 2.86. The molecule has 0 spiro atoms. The molecule has 60 valence electrons. The Morgan fingerprint density at radius 1 is 1.64 bits per heavy atom. The third kappa shape index (κ3) is 2.87. The zero-order valence-corrected chi connectivity index (χ0v) is 10.1. The van der Waals surface area contributed by atoms with Crippen molar-refractivity contribution in [1.29, 1.82) is 0 Å². The molecule has 0 aliphatic carbocycles. The molecule has 0 atom stereocenters. The van der Waals surface area contributed by atoms with Crippen molar-refractivity contribution >= 4 is 50.1 Å². The Hall–Kier alpha value is 0.650. The molecule has 0 N–H and O–H groups in total. The van der Waals surface area contributed by atoms with Crippen molar-refractivity contribution in [2.45, 2.75) is 6.42 Å². The zero-order valence-electron chi connectivity index (χ0n) is 5.65. The summed E-state index contributed by atoms with van der Waals surface area (Å²) in [4.78, 5) is 4.03. The fourth-order valence-corrected chi connectivity index (χ4v) is 1.81. The first-order chi connectivity index (χ1) is 5.24. The molecule has 0 unspecified atom stereocenters. The van der Waals surface area contributed by atoms with Crippen molar-refractivity contribution in [2.24, 2.45) is 0 Å². The highest BCUT2D eigenvalue weighted by Gasteiger charge is 1.98. The summed E-state index contributed by atoms with van der Waals surface area (Å²) in [6.07, 6.45) is 2.81. The van der Waals surface area contributed by atoms with Crippen molar-refractivity contribution < 1.29 is 0 Å². The van der Waals surface area contributed by atoms with Crippen molar-refractivity contribution in [3.63, 3.8) is 0 Å². The van der Waals surface area contributed by atoms with Crippen LogP contribution in [0.5, 0.6) is 0 Å². The van der Waals surface area contributed by atoms with Crippen LogP contribution in [-0.2, 0) is 6.42 Å². The monoisotopic (exact) mass is 345 g/mol. The van der Waals surface area contributed by atoms with E-state index in [9.17, 15) is 0 Å². The molecule has 1 aromatic heterocycles. The fraction of sp³-hybridized carbons (Fsp3) is 0.286. The Morgan fingerprint density at radius 3 is 2.91 bits per heavy atom. The molecule has 4 heteroatoms. The van der Waals surface area contributed by atoms with Gasteiger partial charge in [0.25, 0.3) is 0 Å². The van der Waals surface area contributed by atoms with E-state index in [0.717, 1.165) is 15.3 Å². The molecule has 11 heavy (non-hydrogen) atoms. The third-order valence-corrected chi connectivity index (χ3v) is 3.07. The molecule has 0 fully saturated rings. The molecule has 0 saturated heterocycles. The maximum atomic E-state index is 5.75. The Labute approximate surface area is 92.8 Å². The van der Waals surface area contributed by atoms with Crippen LogP contribution in [0.4, 0.5) is 0 Å². The topological polar surface area (TPSA) is 12.9 Å². The molecule has 0 saturated carbocycles. The zero-order chi connectivity index (χ0) is 8.27. The number of rotatable bonds is 2. The maximum absolute atomic E-state index is 5.75. The lowest BCUT2D eigenvalue weighted by Crippen LogP contribution is -1.89. The number of nitrogens with zero attached hydrogens (tertiary/aromatic N) is 1. The molecule has 0 amide bonds. The number of halogens is 3. The first-order valence-electron chi connectivity index (χ1n) is 3.10. The van der Waals surface area contributed by atoms with Crippen molar-refractivity contribution in [3.05, 3.63) is 26.5 Å². The second-order valence-electron chi connectivity index (χ2n) is 2.06. The van der Waals surface area contributed by atoms with E-state index in [1.54, 1.807) is 0 Å². The average molecular weight is 346 g/mol. The van der Waals surface area contributed by atoms with Crippen molar-refractivity contribution in [3.8, 4) is 0 Å². The highest BCUT2D eigenvalue weighted by atomic mass is 127. The maximum Gasteiger partial charge on any atom is 0.142 e. The van der Waals surface area contributed by atoms with Gasteiger partial charge in [-0.05, 0) is 40.6 Å². The van der Waals surface area contributed by atoms with Gasteiger partial charge in [0.15, 0.2) is 0 Å². The normalized spacial score (nSPS) is 10.1. The molecule has 0 aliphatic heterocycles. The van der Waals surface area contributed by atoms with Gasteiger partial charge in [0.2, 0.25) is 0 Å². The predicted octanol–water partition coefficient (Wildman–Crippen LogP) is 3.28. The first-order valence-corrected chi connectivity index (χ1v) is 5.67. The minimum Gasteiger partial charge on any atom is -0.243 e. The molecule has 0 aromatic carbocycles. The highest BCUT2D eigenvalue weighted by molar-refractivity contribution is 14.1. The van der Waals surface area contributed by atoms with Crippen LogP contribution in [0.3, 0.4) is 0 Å². The van der Waals surface area contributed by atoms with Gasteiger partial charge in [-0.15, -0.1) is 0 Å². The van der Waals surface area contributed by atoms with Crippen molar-refractivity contribution in [1.82, 2.24) is 4.98 Å². The standard InChI is InChI=1S/C7H6BrClIN/c8-2-1-5-3-6(10)7(9)11-4-5/h3-4H,1-2H2. The predicted molar refractivity (Wildman–Crippen MR) is 59.5 cm³/mol. The second-order valence-corrected chi connectivity index (χ2v) is 4.37. The van der Waals surface area contributed by atoms with E-state index in [0.29, 0.717) is 5.15 Å². The fourth-order valence-electron chi connectivity index (χ4n) is 0.707. The average Bonchev–Trinajstić information content (AvgIpc) is 1.98. The number of hydrogen-bond acceptors (Lipinski definition) is 1. The van der Waals surface area contributed by atoms with E-state index in [4.69, 9.17) is 11.6 Å². The summed E-state index contributed by atoms with van der Waals surface area (Å²) in [5.41, 5.74) is 1.22. The van der Waals surface area contributed by atoms with Gasteiger partial charge in [0.1, 0.15) is 5.15 Å². The van der Waals surface area contributed by atoms with Crippen LogP contribution in [0.1, 0.15) is 5.56 Å². The molecule has 0 bridgehead atoms. The van der Waals surface area contributed by atoms with Gasteiger partial charge in [0, 0.05) is 11.5 Å². The van der Waals surface area contributed by atoms with Crippen LogP contribution in [0.2, 0.25) is 5.15 Å². The van der Waals surface area contributed by atoms with E-state index in [1.165, 1.54) is 5.56 Å². The molecule has 1 rings (SSSR count).